The van der Waals surface area contributed by atoms with E-state index in [0.29, 0.717) is 36.8 Å². The van der Waals surface area contributed by atoms with Gasteiger partial charge in [0, 0.05) is 11.1 Å². The van der Waals surface area contributed by atoms with E-state index in [1.807, 2.05) is 19.1 Å². The van der Waals surface area contributed by atoms with Crippen LogP contribution in [0.2, 0.25) is 0 Å². The Morgan fingerprint density at radius 2 is 1.62 bits per heavy atom. The summed E-state index contributed by atoms with van der Waals surface area (Å²) >= 11 is 0. The van der Waals surface area contributed by atoms with Crippen LogP contribution in [0.25, 0.3) is 11.1 Å². The average molecular weight is 398 g/mol. The molecule has 1 aliphatic carbocycles. The van der Waals surface area contributed by atoms with Gasteiger partial charge >= 0.3 is 0 Å². The molecule has 0 saturated carbocycles. The van der Waals surface area contributed by atoms with Crippen molar-refractivity contribution in [1.29, 1.82) is 0 Å². The molecule has 0 radical (unpaired) electrons. The maximum absolute atomic E-state index is 14.6. The number of aryl methyl sites for hydroxylation is 2. The van der Waals surface area contributed by atoms with Gasteiger partial charge in [0.1, 0.15) is 11.6 Å². The maximum Gasteiger partial charge on any atom is 0.166 e. The highest BCUT2D eigenvalue weighted by Crippen LogP contribution is 2.37. The monoisotopic (exact) mass is 398 g/mol. The Morgan fingerprint density at radius 1 is 0.862 bits per heavy atom. The van der Waals surface area contributed by atoms with E-state index in [9.17, 15) is 17.6 Å². The fourth-order valence-corrected chi connectivity index (χ4v) is 4.36. The van der Waals surface area contributed by atoms with Gasteiger partial charge in [0.15, 0.2) is 11.6 Å². The van der Waals surface area contributed by atoms with Crippen LogP contribution in [0, 0.1) is 23.3 Å². The van der Waals surface area contributed by atoms with Crippen LogP contribution in [-0.2, 0) is 19.3 Å². The van der Waals surface area contributed by atoms with E-state index in [-0.39, 0.29) is 17.0 Å². The molecule has 1 atom stereocenters. The highest BCUT2D eigenvalue weighted by Gasteiger charge is 2.26. The molecule has 4 rings (SSSR count). The molecule has 1 aliphatic rings. The molecule has 1 unspecified atom stereocenters. The summed E-state index contributed by atoms with van der Waals surface area (Å²) in [6, 6.07) is 12.5. The summed E-state index contributed by atoms with van der Waals surface area (Å²) in [5.74, 6) is -2.91. The summed E-state index contributed by atoms with van der Waals surface area (Å²) in [5, 5.41) is 0. The molecule has 0 aliphatic heterocycles. The van der Waals surface area contributed by atoms with Crippen molar-refractivity contribution < 1.29 is 17.6 Å². The van der Waals surface area contributed by atoms with E-state index >= 15 is 0 Å². The molecule has 150 valence electrons. The van der Waals surface area contributed by atoms with Gasteiger partial charge in [-0.15, -0.1) is 0 Å². The minimum absolute atomic E-state index is 0.163. The van der Waals surface area contributed by atoms with E-state index in [2.05, 4.69) is 0 Å². The van der Waals surface area contributed by atoms with Crippen molar-refractivity contribution in [3.8, 4) is 11.1 Å². The number of hydrogen-bond donors (Lipinski definition) is 0. The average Bonchev–Trinajstić information content (AvgIpc) is 2.69. The number of hydrogen-bond acceptors (Lipinski definition) is 0. The lowest BCUT2D eigenvalue weighted by Crippen LogP contribution is -2.16. The molecule has 0 bridgehead atoms. The standard InChI is InChI=1S/C25H22F4/c1-2-4-15-11-22(27)24(23(28)12-15)19-10-8-16-13-18(9-7-17(16)14-19)20-5-3-6-21(26)25(20)29/h3,5-7,9,11-13,19H,2,4,8,10,14H2,1H3. The molecule has 4 heteroatoms. The topological polar surface area (TPSA) is 0 Å². The molecule has 0 aromatic heterocycles. The van der Waals surface area contributed by atoms with Gasteiger partial charge in [0.2, 0.25) is 0 Å². The second-order valence-corrected chi connectivity index (χ2v) is 7.75. The van der Waals surface area contributed by atoms with Crippen LogP contribution in [0.1, 0.15) is 47.9 Å². The van der Waals surface area contributed by atoms with Crippen LogP contribution in [0.4, 0.5) is 17.6 Å². The van der Waals surface area contributed by atoms with Crippen molar-refractivity contribution in [2.45, 2.75) is 44.9 Å². The Balaban J connectivity index is 1.63. The summed E-state index contributed by atoms with van der Waals surface area (Å²) in [7, 11) is 0. The molecule has 0 heterocycles. The van der Waals surface area contributed by atoms with E-state index in [1.165, 1.54) is 18.2 Å². The fraction of sp³-hybridized carbons (Fsp3) is 0.280. The Kier molecular flexibility index (Phi) is 5.44. The molecule has 0 amide bonds. The first-order valence-electron chi connectivity index (χ1n) is 10.0. The second-order valence-electron chi connectivity index (χ2n) is 7.75. The predicted molar refractivity (Wildman–Crippen MR) is 107 cm³/mol. The summed E-state index contributed by atoms with van der Waals surface area (Å²) in [6.07, 6.45) is 3.27. The molecule has 3 aromatic rings. The van der Waals surface area contributed by atoms with Crippen LogP contribution in [0.3, 0.4) is 0 Å². The van der Waals surface area contributed by atoms with Gasteiger partial charge in [0.05, 0.1) is 0 Å². The lowest BCUT2D eigenvalue weighted by molar-refractivity contribution is 0.489. The van der Waals surface area contributed by atoms with Crippen LogP contribution >= 0.6 is 0 Å². The number of benzene rings is 3. The van der Waals surface area contributed by atoms with Gasteiger partial charge in [-0.05, 0) is 72.1 Å². The lowest BCUT2D eigenvalue weighted by Gasteiger charge is -2.26. The van der Waals surface area contributed by atoms with Crippen LogP contribution < -0.4 is 0 Å². The van der Waals surface area contributed by atoms with E-state index in [0.717, 1.165) is 23.6 Å². The van der Waals surface area contributed by atoms with E-state index in [4.69, 9.17) is 0 Å². The Labute approximate surface area is 168 Å². The number of fused-ring (bicyclic) bond motifs is 1. The minimum atomic E-state index is -0.877. The summed E-state index contributed by atoms with van der Waals surface area (Å²) in [6.45, 7) is 1.98. The third-order valence-electron chi connectivity index (χ3n) is 5.78. The van der Waals surface area contributed by atoms with Gasteiger partial charge in [-0.3, -0.25) is 0 Å². The van der Waals surface area contributed by atoms with Crippen LogP contribution in [0.15, 0.2) is 48.5 Å². The molecule has 0 saturated heterocycles. The molecular formula is C25H22F4. The zero-order valence-corrected chi connectivity index (χ0v) is 16.2. The first-order chi connectivity index (χ1) is 14.0. The van der Waals surface area contributed by atoms with Gasteiger partial charge < -0.3 is 0 Å². The third kappa shape index (κ3) is 3.81. The van der Waals surface area contributed by atoms with Crippen molar-refractivity contribution in [3.05, 3.63) is 94.1 Å². The van der Waals surface area contributed by atoms with Crippen molar-refractivity contribution in [2.24, 2.45) is 0 Å². The largest absolute Gasteiger partial charge is 0.207 e. The van der Waals surface area contributed by atoms with Crippen molar-refractivity contribution in [1.82, 2.24) is 0 Å². The SMILES string of the molecule is CCCc1cc(F)c(C2CCc3cc(-c4cccc(F)c4F)ccc3C2)c(F)c1. The third-order valence-corrected chi connectivity index (χ3v) is 5.78. The van der Waals surface area contributed by atoms with E-state index < -0.39 is 23.3 Å². The van der Waals surface area contributed by atoms with Gasteiger partial charge in [-0.1, -0.05) is 43.7 Å². The molecule has 0 fully saturated rings. The Morgan fingerprint density at radius 3 is 2.34 bits per heavy atom. The zero-order valence-electron chi connectivity index (χ0n) is 16.2. The van der Waals surface area contributed by atoms with Crippen LogP contribution in [0.5, 0.6) is 0 Å². The summed E-state index contributed by atoms with van der Waals surface area (Å²) < 4.78 is 57.0. The predicted octanol–water partition coefficient (Wildman–Crippen LogP) is 7.14. The van der Waals surface area contributed by atoms with E-state index in [1.54, 1.807) is 12.1 Å². The maximum atomic E-state index is 14.6. The second kappa shape index (κ2) is 8.02. The minimum Gasteiger partial charge on any atom is -0.207 e. The van der Waals surface area contributed by atoms with Gasteiger partial charge in [-0.2, -0.15) is 0 Å². The fourth-order valence-electron chi connectivity index (χ4n) is 4.36. The zero-order chi connectivity index (χ0) is 20.5. The van der Waals surface area contributed by atoms with Gasteiger partial charge in [0.25, 0.3) is 0 Å². The van der Waals surface area contributed by atoms with Gasteiger partial charge in [-0.25, -0.2) is 17.6 Å². The number of rotatable bonds is 4. The summed E-state index contributed by atoms with van der Waals surface area (Å²) in [4.78, 5) is 0. The lowest BCUT2D eigenvalue weighted by atomic mass is 9.78. The molecule has 0 N–H and O–H groups in total. The molecular weight excluding hydrogens is 376 g/mol. The molecule has 0 nitrogen and oxygen atoms in total. The first kappa shape index (κ1) is 19.7. The highest BCUT2D eigenvalue weighted by atomic mass is 19.2. The quantitative estimate of drug-likeness (QED) is 0.410. The highest BCUT2D eigenvalue weighted by molar-refractivity contribution is 5.66. The normalized spacial score (nSPS) is 16.0. The smallest absolute Gasteiger partial charge is 0.166 e. The summed E-state index contributed by atoms with van der Waals surface area (Å²) in [5.41, 5.74) is 3.70. The van der Waals surface area contributed by atoms with Crippen LogP contribution in [-0.4, -0.2) is 0 Å². The first-order valence-corrected chi connectivity index (χ1v) is 10.0. The molecule has 0 spiro atoms. The Bertz CT molecular complexity index is 1030. The molecule has 29 heavy (non-hydrogen) atoms. The molecule has 3 aromatic carbocycles. The van der Waals surface area contributed by atoms with Crippen molar-refractivity contribution >= 4 is 0 Å². The van der Waals surface area contributed by atoms with Crippen molar-refractivity contribution in [3.63, 3.8) is 0 Å². The number of halogens is 4. The Hall–Kier alpha value is -2.62. The van der Waals surface area contributed by atoms with Crippen molar-refractivity contribution in [2.75, 3.05) is 0 Å².